The van der Waals surface area contributed by atoms with Gasteiger partial charge in [-0.1, -0.05) is 19.1 Å². The average molecular weight is 296 g/mol. The summed E-state index contributed by atoms with van der Waals surface area (Å²) in [6.07, 6.45) is 2.04. The molecule has 1 unspecified atom stereocenters. The van der Waals surface area contributed by atoms with Gasteiger partial charge >= 0.3 is 0 Å². The van der Waals surface area contributed by atoms with Gasteiger partial charge in [-0.2, -0.15) is 10.4 Å². The lowest BCUT2D eigenvalue weighted by Crippen LogP contribution is -2.26. The fraction of sp³-hybridized carbons (Fsp3) is 0.444. The lowest BCUT2D eigenvalue weighted by molar-refractivity contribution is 0.209. The SMILES string of the molecule is CCN(Cc1ccn(C(C)C)n1)C(C)c1ccc(C#N)cc1. The van der Waals surface area contributed by atoms with E-state index in [0.29, 0.717) is 17.6 Å². The van der Waals surface area contributed by atoms with Crippen molar-refractivity contribution in [2.24, 2.45) is 0 Å². The Morgan fingerprint density at radius 2 is 1.86 bits per heavy atom. The maximum Gasteiger partial charge on any atom is 0.0991 e. The number of aromatic nitrogens is 2. The monoisotopic (exact) mass is 296 g/mol. The van der Waals surface area contributed by atoms with E-state index in [1.165, 1.54) is 5.56 Å². The highest BCUT2D eigenvalue weighted by atomic mass is 15.3. The van der Waals surface area contributed by atoms with Crippen molar-refractivity contribution >= 4 is 0 Å². The van der Waals surface area contributed by atoms with E-state index >= 15 is 0 Å². The van der Waals surface area contributed by atoms with Crippen molar-refractivity contribution in [2.75, 3.05) is 6.54 Å². The van der Waals surface area contributed by atoms with E-state index in [1.54, 1.807) is 0 Å². The summed E-state index contributed by atoms with van der Waals surface area (Å²) in [6.45, 7) is 10.4. The minimum Gasteiger partial charge on any atom is -0.291 e. The van der Waals surface area contributed by atoms with Crippen LogP contribution >= 0.6 is 0 Å². The van der Waals surface area contributed by atoms with E-state index < -0.39 is 0 Å². The number of benzene rings is 1. The molecule has 0 saturated carbocycles. The maximum atomic E-state index is 8.89. The van der Waals surface area contributed by atoms with Gasteiger partial charge in [-0.3, -0.25) is 9.58 Å². The van der Waals surface area contributed by atoms with Crippen LogP contribution < -0.4 is 0 Å². The third-order valence-electron chi connectivity index (χ3n) is 4.03. The quantitative estimate of drug-likeness (QED) is 0.811. The molecule has 0 spiro atoms. The molecule has 0 amide bonds. The molecule has 0 radical (unpaired) electrons. The number of hydrogen-bond acceptors (Lipinski definition) is 3. The van der Waals surface area contributed by atoms with Crippen molar-refractivity contribution in [3.05, 3.63) is 53.3 Å². The molecule has 0 N–H and O–H groups in total. The Balaban J connectivity index is 2.10. The van der Waals surface area contributed by atoms with Crippen molar-refractivity contribution in [1.29, 1.82) is 5.26 Å². The topological polar surface area (TPSA) is 44.9 Å². The first-order valence-corrected chi connectivity index (χ1v) is 7.83. The smallest absolute Gasteiger partial charge is 0.0991 e. The molecule has 0 bridgehead atoms. The number of nitriles is 1. The molecule has 0 aliphatic carbocycles. The van der Waals surface area contributed by atoms with Crippen molar-refractivity contribution in [2.45, 2.75) is 46.3 Å². The van der Waals surface area contributed by atoms with Crippen LogP contribution in [-0.2, 0) is 6.54 Å². The molecule has 0 aliphatic heterocycles. The van der Waals surface area contributed by atoms with Crippen molar-refractivity contribution < 1.29 is 0 Å². The molecule has 1 aromatic carbocycles. The van der Waals surface area contributed by atoms with E-state index in [0.717, 1.165) is 18.8 Å². The summed E-state index contributed by atoms with van der Waals surface area (Å²) in [6, 6.07) is 12.8. The zero-order valence-corrected chi connectivity index (χ0v) is 13.8. The highest BCUT2D eigenvalue weighted by Gasteiger charge is 2.16. The van der Waals surface area contributed by atoms with E-state index in [-0.39, 0.29) is 0 Å². The summed E-state index contributed by atoms with van der Waals surface area (Å²) in [5.41, 5.74) is 3.02. The van der Waals surface area contributed by atoms with E-state index in [4.69, 9.17) is 5.26 Å². The Morgan fingerprint density at radius 1 is 1.18 bits per heavy atom. The zero-order chi connectivity index (χ0) is 16.1. The van der Waals surface area contributed by atoms with Crippen LogP contribution in [0.3, 0.4) is 0 Å². The molecule has 116 valence electrons. The zero-order valence-electron chi connectivity index (χ0n) is 13.8. The Kier molecular flexibility index (Phi) is 5.35. The third kappa shape index (κ3) is 3.75. The van der Waals surface area contributed by atoms with Gasteiger partial charge in [-0.05, 0) is 51.1 Å². The molecular formula is C18H24N4. The van der Waals surface area contributed by atoms with Gasteiger partial charge in [0.15, 0.2) is 0 Å². The highest BCUT2D eigenvalue weighted by molar-refractivity contribution is 5.32. The van der Waals surface area contributed by atoms with E-state index in [9.17, 15) is 0 Å². The summed E-state index contributed by atoms with van der Waals surface area (Å²) in [7, 11) is 0. The second-order valence-electron chi connectivity index (χ2n) is 5.85. The van der Waals surface area contributed by atoms with Crippen LogP contribution in [0.1, 0.15) is 56.6 Å². The predicted octanol–water partition coefficient (Wildman–Crippen LogP) is 3.92. The molecule has 0 saturated heterocycles. The van der Waals surface area contributed by atoms with Gasteiger partial charge in [0.1, 0.15) is 0 Å². The van der Waals surface area contributed by atoms with Gasteiger partial charge in [-0.25, -0.2) is 0 Å². The fourth-order valence-electron chi connectivity index (χ4n) is 2.53. The lowest BCUT2D eigenvalue weighted by atomic mass is 10.0. The Labute approximate surface area is 133 Å². The van der Waals surface area contributed by atoms with Gasteiger partial charge in [0.2, 0.25) is 0 Å². The lowest BCUT2D eigenvalue weighted by Gasteiger charge is -2.27. The summed E-state index contributed by atoms with van der Waals surface area (Å²) in [5.74, 6) is 0. The molecule has 1 heterocycles. The Morgan fingerprint density at radius 3 is 2.36 bits per heavy atom. The largest absolute Gasteiger partial charge is 0.291 e. The molecule has 0 aliphatic rings. The van der Waals surface area contributed by atoms with Crippen LogP contribution in [0.15, 0.2) is 36.5 Å². The van der Waals surface area contributed by atoms with Crippen molar-refractivity contribution in [3.63, 3.8) is 0 Å². The van der Waals surface area contributed by atoms with Crippen LogP contribution in [0.5, 0.6) is 0 Å². The predicted molar refractivity (Wildman–Crippen MR) is 88.3 cm³/mol. The van der Waals surface area contributed by atoms with Crippen LogP contribution in [0.25, 0.3) is 0 Å². The summed E-state index contributed by atoms with van der Waals surface area (Å²) in [5, 5.41) is 13.5. The molecular weight excluding hydrogens is 272 g/mol. The Bertz CT molecular complexity index is 634. The molecule has 1 atom stereocenters. The highest BCUT2D eigenvalue weighted by Crippen LogP contribution is 2.22. The number of nitrogens with zero attached hydrogens (tertiary/aromatic N) is 4. The van der Waals surface area contributed by atoms with Gasteiger partial charge in [0.05, 0.1) is 17.3 Å². The average Bonchev–Trinajstić information content (AvgIpc) is 3.01. The van der Waals surface area contributed by atoms with E-state index in [1.807, 2.05) is 35.1 Å². The van der Waals surface area contributed by atoms with Gasteiger partial charge in [-0.15, -0.1) is 0 Å². The molecule has 2 rings (SSSR count). The molecule has 0 fully saturated rings. The summed E-state index contributed by atoms with van der Waals surface area (Å²) >= 11 is 0. The first-order chi connectivity index (χ1) is 10.5. The van der Waals surface area contributed by atoms with Crippen molar-refractivity contribution in [3.8, 4) is 6.07 Å². The van der Waals surface area contributed by atoms with Gasteiger partial charge < -0.3 is 0 Å². The standard InChI is InChI=1S/C18H24N4/c1-5-21(13-18-10-11-22(20-18)14(2)3)15(4)17-8-6-16(12-19)7-9-17/h6-11,14-15H,5,13H2,1-4H3. The van der Waals surface area contributed by atoms with Crippen LogP contribution in [-0.4, -0.2) is 21.2 Å². The normalized spacial score (nSPS) is 12.6. The van der Waals surface area contributed by atoms with Gasteiger partial charge in [0, 0.05) is 24.8 Å². The first kappa shape index (κ1) is 16.3. The maximum absolute atomic E-state index is 8.89. The molecule has 2 aromatic rings. The Hall–Kier alpha value is -2.12. The second-order valence-corrected chi connectivity index (χ2v) is 5.85. The second kappa shape index (κ2) is 7.24. The minimum absolute atomic E-state index is 0.293. The van der Waals surface area contributed by atoms with Crippen LogP contribution in [0.2, 0.25) is 0 Å². The number of rotatable bonds is 6. The molecule has 22 heavy (non-hydrogen) atoms. The van der Waals surface area contributed by atoms with Crippen LogP contribution in [0.4, 0.5) is 0 Å². The molecule has 1 aromatic heterocycles. The third-order valence-corrected chi connectivity index (χ3v) is 4.03. The van der Waals surface area contributed by atoms with E-state index in [2.05, 4.69) is 49.8 Å². The fourth-order valence-corrected chi connectivity index (χ4v) is 2.53. The summed E-state index contributed by atoms with van der Waals surface area (Å²) < 4.78 is 2.00. The summed E-state index contributed by atoms with van der Waals surface area (Å²) in [4.78, 5) is 2.38. The van der Waals surface area contributed by atoms with Gasteiger partial charge in [0.25, 0.3) is 0 Å². The molecule has 4 nitrogen and oxygen atoms in total. The van der Waals surface area contributed by atoms with Crippen molar-refractivity contribution in [1.82, 2.24) is 14.7 Å². The molecule has 4 heteroatoms. The number of hydrogen-bond donors (Lipinski definition) is 0. The first-order valence-electron chi connectivity index (χ1n) is 7.83. The minimum atomic E-state index is 0.293. The van der Waals surface area contributed by atoms with Crippen LogP contribution in [0, 0.1) is 11.3 Å².